The van der Waals surface area contributed by atoms with Gasteiger partial charge in [-0.15, -0.1) is 0 Å². The molecule has 0 spiro atoms. The van der Waals surface area contributed by atoms with Gasteiger partial charge in [-0.25, -0.2) is 4.79 Å². The summed E-state index contributed by atoms with van der Waals surface area (Å²) in [5.74, 6) is -0.194. The third kappa shape index (κ3) is 6.12. The zero-order valence-electron chi connectivity index (χ0n) is 19.0. The van der Waals surface area contributed by atoms with Gasteiger partial charge in [0, 0.05) is 31.0 Å². The van der Waals surface area contributed by atoms with Crippen molar-refractivity contribution in [2.45, 2.75) is 51.0 Å². The third-order valence-electron chi connectivity index (χ3n) is 6.37. The average molecular weight is 449 g/mol. The SMILES string of the molecule is O=C(Nc1ccc(NC(=O)N2CCCCCC2)cc1)C1CCCN1C(=O)Cc1ccccc1. The molecule has 2 aliphatic heterocycles. The van der Waals surface area contributed by atoms with Gasteiger partial charge in [-0.3, -0.25) is 9.59 Å². The molecule has 0 aliphatic carbocycles. The Kier molecular flexibility index (Phi) is 7.60. The fraction of sp³-hybridized carbons (Fsp3) is 0.423. The van der Waals surface area contributed by atoms with E-state index in [2.05, 4.69) is 10.6 Å². The van der Waals surface area contributed by atoms with Crippen LogP contribution in [0.4, 0.5) is 16.2 Å². The zero-order valence-corrected chi connectivity index (χ0v) is 19.0. The summed E-state index contributed by atoms with van der Waals surface area (Å²) in [6, 6.07) is 16.2. The van der Waals surface area contributed by atoms with Gasteiger partial charge in [0.2, 0.25) is 11.8 Å². The molecule has 2 aromatic rings. The molecular formula is C26H32N4O3. The molecule has 4 amide bonds. The highest BCUT2D eigenvalue weighted by Crippen LogP contribution is 2.22. The van der Waals surface area contributed by atoms with E-state index in [0.29, 0.717) is 30.8 Å². The van der Waals surface area contributed by atoms with Crippen LogP contribution in [-0.2, 0) is 16.0 Å². The van der Waals surface area contributed by atoms with Crippen LogP contribution in [0, 0.1) is 0 Å². The monoisotopic (exact) mass is 448 g/mol. The van der Waals surface area contributed by atoms with E-state index in [1.165, 1.54) is 12.8 Å². The highest BCUT2D eigenvalue weighted by atomic mass is 16.2. The van der Waals surface area contributed by atoms with Crippen molar-refractivity contribution in [1.29, 1.82) is 0 Å². The molecule has 2 saturated heterocycles. The van der Waals surface area contributed by atoms with Crippen LogP contribution < -0.4 is 10.6 Å². The number of carbonyl (C=O) groups is 3. The first kappa shape index (κ1) is 22.8. The number of benzene rings is 2. The molecule has 0 bridgehead atoms. The fourth-order valence-corrected chi connectivity index (χ4v) is 4.55. The van der Waals surface area contributed by atoms with Crippen molar-refractivity contribution in [3.63, 3.8) is 0 Å². The summed E-state index contributed by atoms with van der Waals surface area (Å²) in [6.45, 7) is 2.19. The number of urea groups is 1. The van der Waals surface area contributed by atoms with E-state index in [9.17, 15) is 14.4 Å². The van der Waals surface area contributed by atoms with Crippen LogP contribution in [-0.4, -0.2) is 53.3 Å². The summed E-state index contributed by atoms with van der Waals surface area (Å²) < 4.78 is 0. The summed E-state index contributed by atoms with van der Waals surface area (Å²) in [6.07, 6.45) is 6.23. The third-order valence-corrected chi connectivity index (χ3v) is 6.37. The number of rotatable bonds is 5. The number of carbonyl (C=O) groups excluding carboxylic acids is 3. The summed E-state index contributed by atoms with van der Waals surface area (Å²) in [4.78, 5) is 41.7. The summed E-state index contributed by atoms with van der Waals surface area (Å²) in [7, 11) is 0. The van der Waals surface area contributed by atoms with Gasteiger partial charge in [-0.05, 0) is 55.5 Å². The normalized spacial score (nSPS) is 18.5. The Morgan fingerprint density at radius 2 is 1.39 bits per heavy atom. The summed E-state index contributed by atoms with van der Waals surface area (Å²) in [5.41, 5.74) is 2.30. The van der Waals surface area contributed by atoms with Crippen LogP contribution in [0.1, 0.15) is 44.1 Å². The maximum atomic E-state index is 12.9. The Hall–Kier alpha value is -3.35. The number of likely N-dealkylation sites (tertiary alicyclic amines) is 2. The second kappa shape index (κ2) is 11.0. The van der Waals surface area contributed by atoms with Gasteiger partial charge in [0.25, 0.3) is 0 Å². The van der Waals surface area contributed by atoms with E-state index in [1.54, 1.807) is 29.2 Å². The quantitative estimate of drug-likeness (QED) is 0.717. The Morgan fingerprint density at radius 1 is 0.758 bits per heavy atom. The molecule has 2 aromatic carbocycles. The lowest BCUT2D eigenvalue weighted by molar-refractivity contribution is -0.136. The van der Waals surface area contributed by atoms with Gasteiger partial charge < -0.3 is 20.4 Å². The van der Waals surface area contributed by atoms with Crippen LogP contribution in [0.5, 0.6) is 0 Å². The first-order valence-electron chi connectivity index (χ1n) is 11.9. The van der Waals surface area contributed by atoms with E-state index in [-0.39, 0.29) is 17.8 Å². The molecule has 0 saturated carbocycles. The van der Waals surface area contributed by atoms with Gasteiger partial charge in [0.05, 0.1) is 6.42 Å². The highest BCUT2D eigenvalue weighted by molar-refractivity contribution is 5.98. The van der Waals surface area contributed by atoms with Crippen molar-refractivity contribution in [3.05, 3.63) is 60.2 Å². The molecule has 7 heteroatoms. The molecular weight excluding hydrogens is 416 g/mol. The van der Waals surface area contributed by atoms with Crippen molar-refractivity contribution < 1.29 is 14.4 Å². The second-order valence-corrected chi connectivity index (χ2v) is 8.81. The molecule has 2 aliphatic rings. The maximum Gasteiger partial charge on any atom is 0.321 e. The van der Waals surface area contributed by atoms with E-state index < -0.39 is 6.04 Å². The number of nitrogens with zero attached hydrogens (tertiary/aromatic N) is 2. The minimum absolute atomic E-state index is 0.0228. The lowest BCUT2D eigenvalue weighted by Crippen LogP contribution is -2.43. The predicted octanol–water partition coefficient (Wildman–Crippen LogP) is 4.27. The molecule has 4 rings (SSSR count). The van der Waals surface area contributed by atoms with E-state index >= 15 is 0 Å². The fourth-order valence-electron chi connectivity index (χ4n) is 4.55. The average Bonchev–Trinajstić information content (AvgIpc) is 3.16. The Bertz CT molecular complexity index is 953. The van der Waals surface area contributed by atoms with Crippen molar-refractivity contribution >= 4 is 29.2 Å². The number of hydrogen-bond donors (Lipinski definition) is 2. The molecule has 0 radical (unpaired) electrons. The largest absolute Gasteiger partial charge is 0.330 e. The minimum Gasteiger partial charge on any atom is -0.330 e. The van der Waals surface area contributed by atoms with E-state index in [0.717, 1.165) is 37.9 Å². The van der Waals surface area contributed by atoms with Gasteiger partial charge >= 0.3 is 6.03 Å². The standard InChI is InChI=1S/C26H32N4O3/c31-24(19-20-9-4-3-5-10-20)30-18-8-11-23(30)25(32)27-21-12-14-22(15-13-21)28-26(33)29-16-6-1-2-7-17-29/h3-5,9-10,12-15,23H,1-2,6-8,11,16-19H2,(H,27,32)(H,28,33). The minimum atomic E-state index is -0.455. The maximum absolute atomic E-state index is 12.9. The molecule has 174 valence electrons. The van der Waals surface area contributed by atoms with Crippen molar-refractivity contribution in [2.24, 2.45) is 0 Å². The predicted molar refractivity (Wildman–Crippen MR) is 129 cm³/mol. The molecule has 33 heavy (non-hydrogen) atoms. The molecule has 1 atom stereocenters. The van der Waals surface area contributed by atoms with E-state index in [4.69, 9.17) is 0 Å². The van der Waals surface area contributed by atoms with Crippen molar-refractivity contribution in [3.8, 4) is 0 Å². The first-order valence-corrected chi connectivity index (χ1v) is 11.9. The summed E-state index contributed by atoms with van der Waals surface area (Å²) >= 11 is 0. The van der Waals surface area contributed by atoms with Gasteiger partial charge in [-0.2, -0.15) is 0 Å². The first-order chi connectivity index (χ1) is 16.1. The van der Waals surface area contributed by atoms with Crippen molar-refractivity contribution in [2.75, 3.05) is 30.3 Å². The van der Waals surface area contributed by atoms with Gasteiger partial charge in [0.1, 0.15) is 6.04 Å². The molecule has 0 aromatic heterocycles. The van der Waals surface area contributed by atoms with E-state index in [1.807, 2.05) is 35.2 Å². The number of hydrogen-bond acceptors (Lipinski definition) is 3. The Morgan fingerprint density at radius 3 is 2.06 bits per heavy atom. The molecule has 7 nitrogen and oxygen atoms in total. The smallest absolute Gasteiger partial charge is 0.321 e. The lowest BCUT2D eigenvalue weighted by Gasteiger charge is -2.24. The Balaban J connectivity index is 1.31. The molecule has 2 N–H and O–H groups in total. The van der Waals surface area contributed by atoms with Crippen LogP contribution >= 0.6 is 0 Å². The highest BCUT2D eigenvalue weighted by Gasteiger charge is 2.33. The van der Waals surface area contributed by atoms with Crippen LogP contribution in [0.15, 0.2) is 54.6 Å². The van der Waals surface area contributed by atoms with Crippen LogP contribution in [0.3, 0.4) is 0 Å². The number of anilines is 2. The number of amides is 4. The summed E-state index contributed by atoms with van der Waals surface area (Å²) in [5, 5.41) is 5.87. The molecule has 2 fully saturated rings. The van der Waals surface area contributed by atoms with Crippen LogP contribution in [0.25, 0.3) is 0 Å². The zero-order chi connectivity index (χ0) is 23.0. The van der Waals surface area contributed by atoms with Crippen LogP contribution in [0.2, 0.25) is 0 Å². The molecule has 2 heterocycles. The topological polar surface area (TPSA) is 81.8 Å². The number of nitrogens with one attached hydrogen (secondary N) is 2. The molecule has 1 unspecified atom stereocenters. The second-order valence-electron chi connectivity index (χ2n) is 8.81. The van der Waals surface area contributed by atoms with Crippen molar-refractivity contribution in [1.82, 2.24) is 9.80 Å². The van der Waals surface area contributed by atoms with Gasteiger partial charge in [-0.1, -0.05) is 43.2 Å². The Labute approximate surface area is 195 Å². The lowest BCUT2D eigenvalue weighted by atomic mass is 10.1. The van der Waals surface area contributed by atoms with Gasteiger partial charge in [0.15, 0.2) is 0 Å².